The normalized spacial score (nSPS) is 11.8. The highest BCUT2D eigenvalue weighted by atomic mass is 15.0. The van der Waals surface area contributed by atoms with Crippen LogP contribution >= 0.6 is 0 Å². The van der Waals surface area contributed by atoms with Gasteiger partial charge in [-0.3, -0.25) is 5.32 Å². The second kappa shape index (κ2) is 7.63. The molecule has 1 unspecified atom stereocenters. The van der Waals surface area contributed by atoms with Crippen molar-refractivity contribution in [2.45, 2.75) is 12.1 Å². The predicted octanol–water partition coefficient (Wildman–Crippen LogP) is 3.42. The molecule has 0 aromatic heterocycles. The van der Waals surface area contributed by atoms with Crippen molar-refractivity contribution in [2.24, 2.45) is 0 Å². The van der Waals surface area contributed by atoms with Crippen molar-refractivity contribution in [1.29, 1.82) is 5.26 Å². The first-order valence-corrected chi connectivity index (χ1v) is 7.89. The molecule has 0 aliphatic carbocycles. The topological polar surface area (TPSA) is 35.8 Å². The molecule has 3 aromatic carbocycles. The Labute approximate surface area is 144 Å². The predicted molar refractivity (Wildman–Crippen MR) is 98.0 cm³/mol. The lowest BCUT2D eigenvalue weighted by molar-refractivity contribution is 0.561. The van der Waals surface area contributed by atoms with Gasteiger partial charge in [0.1, 0.15) is 13.9 Å². The molecular formula is C21H17BN2. The van der Waals surface area contributed by atoms with Crippen molar-refractivity contribution in [1.82, 2.24) is 5.32 Å². The van der Waals surface area contributed by atoms with Gasteiger partial charge < -0.3 is 0 Å². The van der Waals surface area contributed by atoms with Gasteiger partial charge in [0, 0.05) is 0 Å². The third kappa shape index (κ3) is 3.56. The van der Waals surface area contributed by atoms with E-state index in [1.165, 1.54) is 0 Å². The van der Waals surface area contributed by atoms with Gasteiger partial charge in [0.15, 0.2) is 0 Å². The molecule has 0 heterocycles. The maximum absolute atomic E-state index is 9.68. The summed E-state index contributed by atoms with van der Waals surface area (Å²) in [7, 11) is 6.06. The molecule has 0 aliphatic heterocycles. The van der Waals surface area contributed by atoms with E-state index in [9.17, 15) is 5.26 Å². The molecule has 0 saturated heterocycles. The van der Waals surface area contributed by atoms with Crippen molar-refractivity contribution in [3.05, 3.63) is 102 Å². The van der Waals surface area contributed by atoms with Crippen molar-refractivity contribution < 1.29 is 0 Å². The van der Waals surface area contributed by atoms with Gasteiger partial charge in [-0.1, -0.05) is 90.4 Å². The number of nitrogens with one attached hydrogen (secondary N) is 1. The van der Waals surface area contributed by atoms with Gasteiger partial charge >= 0.3 is 0 Å². The molecule has 2 nitrogen and oxygen atoms in total. The maximum atomic E-state index is 9.68. The molecule has 114 valence electrons. The molecule has 24 heavy (non-hydrogen) atoms. The van der Waals surface area contributed by atoms with Crippen LogP contribution in [0.3, 0.4) is 0 Å². The highest BCUT2D eigenvalue weighted by molar-refractivity contribution is 6.33. The molecule has 0 fully saturated rings. The Hall–Kier alpha value is -2.83. The molecule has 1 atom stereocenters. The van der Waals surface area contributed by atoms with Gasteiger partial charge in [-0.25, -0.2) is 0 Å². The lowest BCUT2D eigenvalue weighted by atomic mass is 9.86. The summed E-state index contributed by atoms with van der Waals surface area (Å²) < 4.78 is 0. The Morgan fingerprint density at radius 3 is 1.75 bits per heavy atom. The Kier molecular flexibility index (Phi) is 5.10. The summed E-state index contributed by atoms with van der Waals surface area (Å²) in [6.45, 7) is 0. The number of nitrogens with zero attached hydrogens (tertiary/aromatic N) is 1. The lowest BCUT2D eigenvalue weighted by Crippen LogP contribution is -2.29. The van der Waals surface area contributed by atoms with Crippen molar-refractivity contribution in [3.63, 3.8) is 0 Å². The van der Waals surface area contributed by atoms with E-state index in [1.54, 1.807) is 0 Å². The van der Waals surface area contributed by atoms with Crippen molar-refractivity contribution >= 4 is 13.3 Å². The first-order chi connectivity index (χ1) is 11.8. The highest BCUT2D eigenvalue weighted by Gasteiger charge is 2.20. The molecular weight excluding hydrogens is 291 g/mol. The zero-order valence-corrected chi connectivity index (χ0v) is 13.3. The fourth-order valence-electron chi connectivity index (χ4n) is 2.81. The van der Waals surface area contributed by atoms with E-state index in [1.807, 2.05) is 60.7 Å². The number of nitriles is 1. The average molecular weight is 308 g/mol. The summed E-state index contributed by atoms with van der Waals surface area (Å²) in [6, 6.07) is 29.5. The van der Waals surface area contributed by atoms with Gasteiger partial charge in [0.05, 0.1) is 12.1 Å². The second-order valence-electron chi connectivity index (χ2n) is 5.61. The number of hydrogen-bond donors (Lipinski definition) is 1. The van der Waals surface area contributed by atoms with E-state index >= 15 is 0 Å². The van der Waals surface area contributed by atoms with E-state index in [4.69, 9.17) is 7.85 Å². The van der Waals surface area contributed by atoms with Crippen molar-refractivity contribution in [3.8, 4) is 6.07 Å². The van der Waals surface area contributed by atoms with Gasteiger partial charge in [0.25, 0.3) is 0 Å². The third-order valence-electron chi connectivity index (χ3n) is 4.04. The summed E-state index contributed by atoms with van der Waals surface area (Å²) in [5, 5.41) is 13.1. The minimum Gasteiger partial charge on any atom is -0.287 e. The zero-order chi connectivity index (χ0) is 16.8. The van der Waals surface area contributed by atoms with Crippen LogP contribution in [0.25, 0.3) is 0 Å². The summed E-state index contributed by atoms with van der Waals surface area (Å²) in [4.78, 5) is 0. The quantitative estimate of drug-likeness (QED) is 0.733. The first-order valence-electron chi connectivity index (χ1n) is 7.89. The van der Waals surface area contributed by atoms with Crippen LogP contribution in [-0.4, -0.2) is 7.85 Å². The minimum atomic E-state index is -0.489. The standard InChI is InChI=1S/C21H17BN2/c22-19-14-8-7-13-18(19)20(15-23)24-21(16-9-3-1-4-10-16)17-11-5-2-6-12-17/h1-14,20-21,24H. The number of hydrogen-bond acceptors (Lipinski definition) is 2. The van der Waals surface area contributed by atoms with Crippen molar-refractivity contribution in [2.75, 3.05) is 0 Å². The SMILES string of the molecule is [B]c1ccccc1C(C#N)NC(c1ccccc1)c1ccccc1. The number of rotatable bonds is 5. The zero-order valence-electron chi connectivity index (χ0n) is 13.3. The van der Waals surface area contributed by atoms with E-state index in [0.29, 0.717) is 5.46 Å². The van der Waals surface area contributed by atoms with Crippen LogP contribution in [-0.2, 0) is 0 Å². The fourth-order valence-corrected chi connectivity index (χ4v) is 2.81. The van der Waals surface area contributed by atoms with E-state index in [0.717, 1.165) is 16.7 Å². The molecule has 0 saturated carbocycles. The Morgan fingerprint density at radius 1 is 0.750 bits per heavy atom. The van der Waals surface area contributed by atoms with Gasteiger partial charge in [-0.05, 0) is 16.7 Å². The number of benzene rings is 3. The largest absolute Gasteiger partial charge is 0.287 e. The second-order valence-corrected chi connectivity index (χ2v) is 5.61. The fraction of sp³-hybridized carbons (Fsp3) is 0.0952. The van der Waals surface area contributed by atoms with E-state index < -0.39 is 6.04 Å². The molecule has 0 amide bonds. The summed E-state index contributed by atoms with van der Waals surface area (Å²) in [5.74, 6) is 0. The maximum Gasteiger partial charge on any atom is 0.121 e. The average Bonchev–Trinajstić information content (AvgIpc) is 2.65. The Balaban J connectivity index is 1.98. The van der Waals surface area contributed by atoms with Gasteiger partial charge in [-0.2, -0.15) is 5.26 Å². The molecule has 3 heteroatoms. The molecule has 2 radical (unpaired) electrons. The van der Waals surface area contributed by atoms with Crippen LogP contribution in [0, 0.1) is 11.3 Å². The third-order valence-corrected chi connectivity index (χ3v) is 4.04. The van der Waals surface area contributed by atoms with Crippen LogP contribution in [0.5, 0.6) is 0 Å². The molecule has 0 bridgehead atoms. The smallest absolute Gasteiger partial charge is 0.121 e. The van der Waals surface area contributed by atoms with Crippen LogP contribution in [0.1, 0.15) is 28.8 Å². The van der Waals surface area contributed by atoms with Gasteiger partial charge in [0.2, 0.25) is 0 Å². The Bertz CT molecular complexity index is 786. The monoisotopic (exact) mass is 308 g/mol. The molecule has 1 N–H and O–H groups in total. The van der Waals surface area contributed by atoms with Crippen LogP contribution in [0.2, 0.25) is 0 Å². The first kappa shape index (κ1) is 16.0. The highest BCUT2D eigenvalue weighted by Crippen LogP contribution is 2.25. The van der Waals surface area contributed by atoms with Crippen LogP contribution in [0.4, 0.5) is 0 Å². The summed E-state index contributed by atoms with van der Waals surface area (Å²) in [5.41, 5.74) is 3.64. The van der Waals surface area contributed by atoms with E-state index in [2.05, 4.69) is 35.7 Å². The Morgan fingerprint density at radius 2 is 1.25 bits per heavy atom. The van der Waals surface area contributed by atoms with Crippen LogP contribution < -0.4 is 10.8 Å². The molecule has 3 rings (SSSR count). The minimum absolute atomic E-state index is 0.0864. The van der Waals surface area contributed by atoms with Crippen LogP contribution in [0.15, 0.2) is 84.9 Å². The molecule has 3 aromatic rings. The summed E-state index contributed by atoms with van der Waals surface area (Å²) in [6.07, 6.45) is 0. The summed E-state index contributed by atoms with van der Waals surface area (Å²) >= 11 is 0. The van der Waals surface area contributed by atoms with E-state index in [-0.39, 0.29) is 6.04 Å². The van der Waals surface area contributed by atoms with Gasteiger partial charge in [-0.15, -0.1) is 0 Å². The molecule has 0 aliphatic rings. The lowest BCUT2D eigenvalue weighted by Gasteiger charge is -2.24. The molecule has 0 spiro atoms.